The number of aromatic nitrogens is 1. The van der Waals surface area contributed by atoms with Crippen molar-refractivity contribution >= 4 is 15.7 Å². The number of pyridine rings is 1. The van der Waals surface area contributed by atoms with Gasteiger partial charge in [-0.25, -0.2) is 13.4 Å². The summed E-state index contributed by atoms with van der Waals surface area (Å²) in [7, 11) is -3.40. The van der Waals surface area contributed by atoms with Crippen LogP contribution in [0.25, 0.3) is 0 Å². The number of ether oxygens (including phenoxy) is 1. The predicted octanol–water partition coefficient (Wildman–Crippen LogP) is 1.71. The number of benzene rings is 1. The second-order valence-electron chi connectivity index (χ2n) is 5.47. The topological polar surface area (TPSA) is 85.4 Å². The van der Waals surface area contributed by atoms with Gasteiger partial charge in [0.05, 0.1) is 0 Å². The van der Waals surface area contributed by atoms with Crippen LogP contribution in [-0.4, -0.2) is 30.8 Å². The summed E-state index contributed by atoms with van der Waals surface area (Å²) in [4.78, 5) is 15.9. The van der Waals surface area contributed by atoms with Gasteiger partial charge in [0.2, 0.25) is 11.8 Å². The van der Waals surface area contributed by atoms with Crippen molar-refractivity contribution in [1.29, 1.82) is 0 Å². The van der Waals surface area contributed by atoms with Crippen LogP contribution in [0.2, 0.25) is 0 Å². The molecule has 0 saturated heterocycles. The van der Waals surface area contributed by atoms with Crippen molar-refractivity contribution in [2.75, 3.05) is 6.26 Å². The Morgan fingerprint density at radius 2 is 1.92 bits per heavy atom. The van der Waals surface area contributed by atoms with Gasteiger partial charge >= 0.3 is 0 Å². The highest BCUT2D eigenvalue weighted by molar-refractivity contribution is 7.92. The zero-order valence-electron chi connectivity index (χ0n) is 13.6. The Bertz CT molecular complexity index is 791. The van der Waals surface area contributed by atoms with Crippen LogP contribution in [0, 0.1) is 0 Å². The summed E-state index contributed by atoms with van der Waals surface area (Å²) in [6, 6.07) is 13.2. The van der Waals surface area contributed by atoms with Crippen LogP contribution < -0.4 is 10.1 Å². The number of rotatable bonds is 7. The van der Waals surface area contributed by atoms with Gasteiger partial charge in [-0.2, -0.15) is 0 Å². The molecule has 0 aliphatic carbocycles. The molecule has 0 radical (unpaired) electrons. The van der Waals surface area contributed by atoms with Crippen LogP contribution in [0.4, 0.5) is 0 Å². The summed E-state index contributed by atoms with van der Waals surface area (Å²) in [5, 5.41) is 1.53. The first kappa shape index (κ1) is 17.9. The largest absolute Gasteiger partial charge is 0.473 e. The molecular weight excluding hydrogens is 328 g/mol. The number of nitrogens with zero attached hydrogens (tertiary/aromatic N) is 1. The quantitative estimate of drug-likeness (QED) is 0.823. The van der Waals surface area contributed by atoms with Crippen molar-refractivity contribution in [1.82, 2.24) is 10.3 Å². The lowest BCUT2D eigenvalue weighted by atomic mass is 10.2. The summed E-state index contributed by atoms with van der Waals surface area (Å²) >= 11 is 0. The lowest BCUT2D eigenvalue weighted by Gasteiger charge is -2.11. The van der Waals surface area contributed by atoms with Crippen LogP contribution in [0.1, 0.15) is 18.1 Å². The molecule has 2 aromatic rings. The van der Waals surface area contributed by atoms with Crippen molar-refractivity contribution in [2.45, 2.75) is 25.3 Å². The fourth-order valence-corrected chi connectivity index (χ4v) is 2.37. The number of amides is 1. The molecule has 0 fully saturated rings. The van der Waals surface area contributed by atoms with Crippen LogP contribution in [0.15, 0.2) is 48.7 Å². The van der Waals surface area contributed by atoms with Crippen LogP contribution in [0.3, 0.4) is 0 Å². The predicted molar refractivity (Wildman–Crippen MR) is 91.2 cm³/mol. The molecule has 1 atom stereocenters. The molecule has 0 bridgehead atoms. The van der Waals surface area contributed by atoms with Gasteiger partial charge < -0.3 is 10.1 Å². The molecule has 1 heterocycles. The molecule has 1 N–H and O–H groups in total. The smallest absolute Gasteiger partial charge is 0.238 e. The number of sulfone groups is 1. The van der Waals surface area contributed by atoms with E-state index in [0.29, 0.717) is 12.5 Å². The summed E-state index contributed by atoms with van der Waals surface area (Å²) in [5.41, 5.74) is 1.81. The van der Waals surface area contributed by atoms with Gasteiger partial charge in [-0.1, -0.05) is 30.3 Å². The van der Waals surface area contributed by atoms with Gasteiger partial charge in [-0.05, 0) is 24.1 Å². The van der Waals surface area contributed by atoms with Gasteiger partial charge in [0, 0.05) is 25.1 Å². The van der Waals surface area contributed by atoms with E-state index in [1.165, 1.54) is 6.92 Å². The van der Waals surface area contributed by atoms with Gasteiger partial charge in [-0.15, -0.1) is 0 Å². The highest BCUT2D eigenvalue weighted by Gasteiger charge is 2.22. The third-order valence-electron chi connectivity index (χ3n) is 3.51. The van der Waals surface area contributed by atoms with Gasteiger partial charge in [0.15, 0.2) is 9.84 Å². The maximum absolute atomic E-state index is 11.8. The average molecular weight is 348 g/mol. The SMILES string of the molecule is CC(C(=O)NCc1ccnc(OCc2ccccc2)c1)S(C)(=O)=O. The van der Waals surface area contributed by atoms with E-state index in [4.69, 9.17) is 4.74 Å². The van der Waals surface area contributed by atoms with Crippen molar-refractivity contribution < 1.29 is 17.9 Å². The summed E-state index contributed by atoms with van der Waals surface area (Å²) in [5.74, 6) is -0.0807. The van der Waals surface area contributed by atoms with E-state index in [1.807, 2.05) is 30.3 Å². The number of carbonyl (C=O) groups excluding carboxylic acids is 1. The molecular formula is C17H20N2O4S. The number of carbonyl (C=O) groups is 1. The van der Waals surface area contributed by atoms with Crippen LogP contribution in [0.5, 0.6) is 5.88 Å². The first-order valence-corrected chi connectivity index (χ1v) is 9.40. The standard InChI is InChI=1S/C17H20N2O4S/c1-13(24(2,21)22)17(20)19-11-15-8-9-18-16(10-15)23-12-14-6-4-3-5-7-14/h3-10,13H,11-12H2,1-2H3,(H,19,20). The fraction of sp³-hybridized carbons (Fsp3) is 0.294. The number of hydrogen-bond donors (Lipinski definition) is 1. The van der Waals surface area contributed by atoms with Gasteiger partial charge in [0.1, 0.15) is 11.9 Å². The Morgan fingerprint density at radius 3 is 2.58 bits per heavy atom. The lowest BCUT2D eigenvalue weighted by Crippen LogP contribution is -2.37. The van der Waals surface area contributed by atoms with E-state index in [0.717, 1.165) is 17.4 Å². The van der Waals surface area contributed by atoms with E-state index in [9.17, 15) is 13.2 Å². The van der Waals surface area contributed by atoms with E-state index in [1.54, 1.807) is 18.3 Å². The van der Waals surface area contributed by atoms with Crippen molar-refractivity contribution in [2.24, 2.45) is 0 Å². The van der Waals surface area contributed by atoms with E-state index < -0.39 is 21.0 Å². The normalized spacial score (nSPS) is 12.4. The molecule has 2 rings (SSSR count). The minimum Gasteiger partial charge on any atom is -0.473 e. The van der Waals surface area contributed by atoms with Gasteiger partial charge in [0.25, 0.3) is 0 Å². The van der Waals surface area contributed by atoms with Crippen molar-refractivity contribution in [3.8, 4) is 5.88 Å². The third kappa shape index (κ3) is 5.34. The van der Waals surface area contributed by atoms with Gasteiger partial charge in [-0.3, -0.25) is 4.79 Å². The van der Waals surface area contributed by atoms with Crippen molar-refractivity contribution in [3.63, 3.8) is 0 Å². The Balaban J connectivity index is 1.92. The molecule has 1 amide bonds. The summed E-state index contributed by atoms with van der Waals surface area (Å²) in [6.45, 7) is 1.98. The third-order valence-corrected chi connectivity index (χ3v) is 5.01. The van der Waals surface area contributed by atoms with E-state index >= 15 is 0 Å². The zero-order chi connectivity index (χ0) is 17.6. The number of nitrogens with one attached hydrogen (secondary N) is 1. The summed E-state index contributed by atoms with van der Waals surface area (Å²) < 4.78 is 28.4. The second kappa shape index (κ2) is 7.92. The fourth-order valence-electron chi connectivity index (χ4n) is 1.90. The number of hydrogen-bond acceptors (Lipinski definition) is 5. The lowest BCUT2D eigenvalue weighted by molar-refractivity contribution is -0.120. The first-order chi connectivity index (χ1) is 11.4. The molecule has 0 aliphatic rings. The molecule has 1 unspecified atom stereocenters. The summed E-state index contributed by atoms with van der Waals surface area (Å²) in [6.07, 6.45) is 2.63. The van der Waals surface area contributed by atoms with Crippen LogP contribution >= 0.6 is 0 Å². The van der Waals surface area contributed by atoms with E-state index in [2.05, 4.69) is 10.3 Å². The van der Waals surface area contributed by atoms with E-state index in [-0.39, 0.29) is 6.54 Å². The highest BCUT2D eigenvalue weighted by atomic mass is 32.2. The van der Waals surface area contributed by atoms with Crippen molar-refractivity contribution in [3.05, 3.63) is 59.8 Å². The zero-order valence-corrected chi connectivity index (χ0v) is 14.4. The minimum absolute atomic E-state index is 0.211. The molecule has 0 saturated carbocycles. The molecule has 6 nitrogen and oxygen atoms in total. The molecule has 128 valence electrons. The second-order valence-corrected chi connectivity index (χ2v) is 7.83. The Labute approximate surface area is 141 Å². The maximum Gasteiger partial charge on any atom is 0.238 e. The average Bonchev–Trinajstić information content (AvgIpc) is 2.57. The Morgan fingerprint density at radius 1 is 1.21 bits per heavy atom. The Hall–Kier alpha value is -2.41. The minimum atomic E-state index is -3.40. The Kier molecular flexibility index (Phi) is 5.92. The highest BCUT2D eigenvalue weighted by Crippen LogP contribution is 2.12. The molecule has 24 heavy (non-hydrogen) atoms. The first-order valence-electron chi connectivity index (χ1n) is 7.44. The molecule has 1 aromatic carbocycles. The van der Waals surface area contributed by atoms with Crippen LogP contribution in [-0.2, 0) is 27.8 Å². The molecule has 1 aromatic heterocycles. The maximum atomic E-state index is 11.8. The monoisotopic (exact) mass is 348 g/mol. The molecule has 0 spiro atoms. The molecule has 7 heteroatoms. The molecule has 0 aliphatic heterocycles.